The van der Waals surface area contributed by atoms with Crippen LogP contribution in [0.25, 0.3) is 33.0 Å². The Bertz CT molecular complexity index is 2300. The minimum Gasteiger partial charge on any atom is -0.310 e. The number of nitrogens with zero attached hydrogens (tertiary/aromatic N) is 1. The Kier molecular flexibility index (Phi) is 6.74. The Hall–Kier alpha value is -4.62. The van der Waals surface area contributed by atoms with Gasteiger partial charge in [-0.15, -0.1) is 0 Å². The summed E-state index contributed by atoms with van der Waals surface area (Å²) in [5.41, 5.74) is 17.3. The van der Waals surface area contributed by atoms with Gasteiger partial charge in [-0.3, -0.25) is 0 Å². The molecular formula is C48H49N. The lowest BCUT2D eigenvalue weighted by Crippen LogP contribution is -2.19. The number of hydrogen-bond acceptors (Lipinski definition) is 1. The molecule has 6 aromatic rings. The summed E-state index contributed by atoms with van der Waals surface area (Å²) in [5.74, 6) is 0. The van der Waals surface area contributed by atoms with Gasteiger partial charge in [-0.1, -0.05) is 154 Å². The van der Waals surface area contributed by atoms with Crippen LogP contribution < -0.4 is 4.90 Å². The molecule has 0 bridgehead atoms. The van der Waals surface area contributed by atoms with E-state index in [4.69, 9.17) is 0 Å². The van der Waals surface area contributed by atoms with Crippen LogP contribution in [0.3, 0.4) is 0 Å². The second-order valence-electron chi connectivity index (χ2n) is 17.6. The highest BCUT2D eigenvalue weighted by atomic mass is 15.1. The molecule has 0 aliphatic heterocycles. The minimum atomic E-state index is -0.116. The molecule has 0 radical (unpaired) electrons. The van der Waals surface area contributed by atoms with Gasteiger partial charge in [0.1, 0.15) is 0 Å². The van der Waals surface area contributed by atoms with Crippen LogP contribution in [-0.4, -0.2) is 0 Å². The molecule has 6 aromatic carbocycles. The number of benzene rings is 6. The molecule has 8 rings (SSSR count). The number of rotatable bonds is 3. The molecule has 0 amide bonds. The maximum atomic E-state index is 2.51. The van der Waals surface area contributed by atoms with Crippen LogP contribution in [0, 0.1) is 0 Å². The van der Waals surface area contributed by atoms with Gasteiger partial charge in [0.15, 0.2) is 0 Å². The zero-order valence-corrected chi connectivity index (χ0v) is 30.9. The van der Waals surface area contributed by atoms with Gasteiger partial charge in [-0.05, 0) is 102 Å². The van der Waals surface area contributed by atoms with Crippen LogP contribution in [0.1, 0.15) is 103 Å². The van der Waals surface area contributed by atoms with E-state index in [1.807, 2.05) is 0 Å². The molecule has 49 heavy (non-hydrogen) atoms. The van der Waals surface area contributed by atoms with Crippen molar-refractivity contribution in [2.24, 2.45) is 0 Å². The van der Waals surface area contributed by atoms with Gasteiger partial charge in [0.05, 0.1) is 5.69 Å². The lowest BCUT2D eigenvalue weighted by atomic mass is 9.79. The van der Waals surface area contributed by atoms with Gasteiger partial charge in [-0.2, -0.15) is 0 Å². The lowest BCUT2D eigenvalue weighted by molar-refractivity contribution is 0.584. The van der Waals surface area contributed by atoms with Crippen LogP contribution in [0.5, 0.6) is 0 Å². The van der Waals surface area contributed by atoms with Crippen molar-refractivity contribution >= 4 is 27.8 Å². The van der Waals surface area contributed by atoms with E-state index in [2.05, 4.69) is 189 Å². The van der Waals surface area contributed by atoms with E-state index in [0.717, 1.165) is 0 Å². The molecule has 0 N–H and O–H groups in total. The zero-order chi connectivity index (χ0) is 34.7. The normalized spacial score (nSPS) is 15.5. The quantitative estimate of drug-likeness (QED) is 0.186. The van der Waals surface area contributed by atoms with Gasteiger partial charge in [0.25, 0.3) is 0 Å². The molecule has 0 saturated heterocycles. The second kappa shape index (κ2) is 10.4. The second-order valence-corrected chi connectivity index (χ2v) is 17.6. The van der Waals surface area contributed by atoms with Crippen molar-refractivity contribution in [3.05, 3.63) is 149 Å². The van der Waals surface area contributed by atoms with Crippen molar-refractivity contribution in [2.75, 3.05) is 4.90 Å². The molecule has 0 saturated carbocycles. The van der Waals surface area contributed by atoms with Crippen LogP contribution in [0.2, 0.25) is 0 Å². The fraction of sp³-hybridized carbons (Fsp3) is 0.292. The predicted octanol–water partition coefficient (Wildman–Crippen LogP) is 13.5. The fourth-order valence-electron chi connectivity index (χ4n) is 8.52. The summed E-state index contributed by atoms with van der Waals surface area (Å²) in [5, 5.41) is 2.53. The van der Waals surface area contributed by atoms with E-state index in [-0.39, 0.29) is 21.7 Å². The number of hydrogen-bond donors (Lipinski definition) is 0. The van der Waals surface area contributed by atoms with Crippen molar-refractivity contribution in [1.82, 2.24) is 0 Å². The maximum absolute atomic E-state index is 2.51. The molecule has 0 atom stereocenters. The molecule has 1 heteroatoms. The smallest absolute Gasteiger partial charge is 0.0540 e. The van der Waals surface area contributed by atoms with Crippen molar-refractivity contribution in [1.29, 1.82) is 0 Å². The molecule has 0 fully saturated rings. The monoisotopic (exact) mass is 639 g/mol. The molecule has 0 heterocycles. The third-order valence-electron chi connectivity index (χ3n) is 11.6. The van der Waals surface area contributed by atoms with E-state index in [9.17, 15) is 0 Å². The van der Waals surface area contributed by atoms with E-state index >= 15 is 0 Å². The van der Waals surface area contributed by atoms with Crippen molar-refractivity contribution < 1.29 is 0 Å². The van der Waals surface area contributed by atoms with E-state index in [1.54, 1.807) is 0 Å². The summed E-state index contributed by atoms with van der Waals surface area (Å²) >= 11 is 0. The Morgan fingerprint density at radius 2 is 0.918 bits per heavy atom. The van der Waals surface area contributed by atoms with Crippen molar-refractivity contribution in [2.45, 2.75) is 90.9 Å². The zero-order valence-electron chi connectivity index (χ0n) is 30.9. The molecule has 1 nitrogen and oxygen atoms in total. The highest BCUT2D eigenvalue weighted by molar-refractivity contribution is 6.00. The Morgan fingerprint density at radius 3 is 1.53 bits per heavy atom. The first-order chi connectivity index (χ1) is 23.1. The first-order valence-corrected chi connectivity index (χ1v) is 17.9. The highest BCUT2D eigenvalue weighted by Gasteiger charge is 2.38. The highest BCUT2D eigenvalue weighted by Crippen LogP contribution is 2.54. The third-order valence-corrected chi connectivity index (χ3v) is 11.6. The van der Waals surface area contributed by atoms with Crippen LogP contribution in [0.15, 0.2) is 115 Å². The van der Waals surface area contributed by atoms with Crippen LogP contribution >= 0.6 is 0 Å². The number of anilines is 3. The SMILES string of the molecule is CC(C)(C)c1ccc2c(c1)C(C)(C)c1cc(N(c3ccc4c(c3)C(C)(C)c3ccccc3-4)c3cccc4cc(C(C)(C)C)ccc34)ccc1-2. The average molecular weight is 640 g/mol. The molecule has 0 unspecified atom stereocenters. The molecule has 2 aliphatic carbocycles. The maximum Gasteiger partial charge on any atom is 0.0540 e. The first kappa shape index (κ1) is 31.6. The fourth-order valence-corrected chi connectivity index (χ4v) is 8.52. The number of fused-ring (bicyclic) bond motifs is 7. The van der Waals surface area contributed by atoms with Crippen molar-refractivity contribution in [3.63, 3.8) is 0 Å². The first-order valence-electron chi connectivity index (χ1n) is 17.9. The van der Waals surface area contributed by atoms with Gasteiger partial charge >= 0.3 is 0 Å². The molecular weight excluding hydrogens is 591 g/mol. The van der Waals surface area contributed by atoms with E-state index in [0.29, 0.717) is 0 Å². The molecule has 0 spiro atoms. The summed E-state index contributed by atoms with van der Waals surface area (Å²) in [6.07, 6.45) is 0. The Morgan fingerprint density at radius 1 is 0.429 bits per heavy atom. The molecule has 246 valence electrons. The summed E-state index contributed by atoms with van der Waals surface area (Å²) in [6, 6.07) is 44.3. The minimum absolute atomic E-state index is 0.0812. The van der Waals surface area contributed by atoms with Gasteiger partial charge in [0, 0.05) is 27.6 Å². The largest absolute Gasteiger partial charge is 0.310 e. The summed E-state index contributed by atoms with van der Waals surface area (Å²) in [6.45, 7) is 23.4. The average Bonchev–Trinajstić information content (AvgIpc) is 3.43. The summed E-state index contributed by atoms with van der Waals surface area (Å²) in [4.78, 5) is 2.51. The Balaban J connectivity index is 1.34. The standard InChI is InChI=1S/C48H49N/c1-45(2,3)31-18-22-35-30(26-31)14-13-17-44(35)49(33-20-24-38-36-15-11-12-16-40(36)47(7,8)42(38)28-33)34-21-25-39-37-23-19-32(46(4,5)6)27-41(37)48(9,10)43(39)29-34/h11-29H,1-10H3. The Labute approximate surface area is 293 Å². The van der Waals surface area contributed by atoms with E-state index < -0.39 is 0 Å². The van der Waals surface area contributed by atoms with Gasteiger partial charge in [0.2, 0.25) is 0 Å². The topological polar surface area (TPSA) is 3.24 Å². The molecule has 2 aliphatic rings. The summed E-state index contributed by atoms with van der Waals surface area (Å²) < 4.78 is 0. The predicted molar refractivity (Wildman–Crippen MR) is 211 cm³/mol. The lowest BCUT2D eigenvalue weighted by Gasteiger charge is -2.31. The third kappa shape index (κ3) is 4.80. The molecule has 0 aromatic heterocycles. The van der Waals surface area contributed by atoms with Crippen LogP contribution in [-0.2, 0) is 21.7 Å². The van der Waals surface area contributed by atoms with Gasteiger partial charge in [-0.25, -0.2) is 0 Å². The summed E-state index contributed by atoms with van der Waals surface area (Å²) in [7, 11) is 0. The van der Waals surface area contributed by atoms with Crippen molar-refractivity contribution in [3.8, 4) is 22.3 Å². The van der Waals surface area contributed by atoms with Crippen LogP contribution in [0.4, 0.5) is 17.1 Å². The van der Waals surface area contributed by atoms with E-state index in [1.165, 1.54) is 83.5 Å². The van der Waals surface area contributed by atoms with Gasteiger partial charge < -0.3 is 4.90 Å².